The highest BCUT2D eigenvalue weighted by Gasteiger charge is 2.25. The number of aromatic amines is 1. The van der Waals surface area contributed by atoms with Crippen molar-refractivity contribution in [3.8, 4) is 11.3 Å². The summed E-state index contributed by atoms with van der Waals surface area (Å²) in [7, 11) is 0. The quantitative estimate of drug-likeness (QED) is 0.215. The molecular weight excluding hydrogens is 462 g/mol. The second-order valence-electron chi connectivity index (χ2n) is 9.93. The lowest BCUT2D eigenvalue weighted by Crippen LogP contribution is -2.48. The third-order valence-electron chi connectivity index (χ3n) is 7.08. The minimum Gasteiger partial charge on any atom is -0.354 e. The van der Waals surface area contributed by atoms with E-state index in [4.69, 9.17) is 0 Å². The summed E-state index contributed by atoms with van der Waals surface area (Å²) in [6.07, 6.45) is 9.75. The number of nitrogens with one attached hydrogen (secondary N) is 3. The SMILES string of the molecule is CC(=O)CCCCC[C@H](NC(=O)C1CC=CC1)C(=O)NCCc1c(-c2ccccc2)[nH]c2ccccc12. The van der Waals surface area contributed by atoms with Gasteiger partial charge in [-0.05, 0) is 56.2 Å². The number of fused-ring (bicyclic) bond motifs is 1. The van der Waals surface area contributed by atoms with Crippen molar-refractivity contribution < 1.29 is 14.4 Å². The molecule has 3 N–H and O–H groups in total. The summed E-state index contributed by atoms with van der Waals surface area (Å²) in [4.78, 5) is 40.7. The van der Waals surface area contributed by atoms with E-state index in [1.54, 1.807) is 6.92 Å². The molecule has 2 aromatic carbocycles. The van der Waals surface area contributed by atoms with E-state index in [0.717, 1.165) is 54.3 Å². The third kappa shape index (κ3) is 7.19. The number of Topliss-reactive ketones (excluding diaryl/α,β-unsaturated/α-hetero) is 1. The molecule has 1 aliphatic rings. The van der Waals surface area contributed by atoms with Gasteiger partial charge < -0.3 is 20.4 Å². The second-order valence-corrected chi connectivity index (χ2v) is 9.93. The largest absolute Gasteiger partial charge is 0.354 e. The van der Waals surface area contributed by atoms with Gasteiger partial charge in [-0.15, -0.1) is 0 Å². The first-order valence-electron chi connectivity index (χ1n) is 13.4. The molecule has 0 bridgehead atoms. The normalized spacial score (nSPS) is 14.1. The maximum Gasteiger partial charge on any atom is 0.242 e. The van der Waals surface area contributed by atoms with Crippen LogP contribution in [0.3, 0.4) is 0 Å². The predicted octanol–water partition coefficient (Wildman–Crippen LogP) is 5.48. The first kappa shape index (κ1) is 26.4. The summed E-state index contributed by atoms with van der Waals surface area (Å²) < 4.78 is 0. The number of rotatable bonds is 13. The van der Waals surface area contributed by atoms with Gasteiger partial charge in [0.15, 0.2) is 0 Å². The van der Waals surface area contributed by atoms with Crippen LogP contribution in [0.2, 0.25) is 0 Å². The number of carbonyl (C=O) groups is 3. The predicted molar refractivity (Wildman–Crippen MR) is 148 cm³/mol. The number of H-pyrrole nitrogens is 1. The van der Waals surface area contributed by atoms with E-state index in [-0.39, 0.29) is 23.5 Å². The highest BCUT2D eigenvalue weighted by Crippen LogP contribution is 2.30. The van der Waals surface area contributed by atoms with Gasteiger partial charge in [0.05, 0.1) is 0 Å². The van der Waals surface area contributed by atoms with Crippen LogP contribution in [-0.2, 0) is 20.8 Å². The Hall–Kier alpha value is -3.67. The van der Waals surface area contributed by atoms with Crippen LogP contribution in [0.1, 0.15) is 57.4 Å². The average Bonchev–Trinajstić information content (AvgIpc) is 3.57. The highest BCUT2D eigenvalue weighted by molar-refractivity contribution is 5.91. The van der Waals surface area contributed by atoms with Gasteiger partial charge in [0, 0.05) is 35.5 Å². The number of benzene rings is 2. The zero-order valence-electron chi connectivity index (χ0n) is 21.6. The van der Waals surface area contributed by atoms with Crippen molar-refractivity contribution in [1.82, 2.24) is 15.6 Å². The molecule has 3 aromatic rings. The van der Waals surface area contributed by atoms with E-state index in [1.165, 1.54) is 5.56 Å². The van der Waals surface area contributed by atoms with Gasteiger partial charge in [-0.2, -0.15) is 0 Å². The lowest BCUT2D eigenvalue weighted by atomic mass is 10.0. The molecule has 1 aromatic heterocycles. The van der Waals surface area contributed by atoms with Crippen molar-refractivity contribution in [2.24, 2.45) is 5.92 Å². The zero-order chi connectivity index (χ0) is 26.0. The standard InChI is InChI=1S/C31H37N3O3/c1-22(35)12-4-2-7-19-28(34-30(36)24-15-8-9-16-24)31(37)32-21-20-26-25-17-10-11-18-27(25)33-29(26)23-13-5-3-6-14-23/h3,5-6,8-11,13-14,17-18,24,28,33H,2,4,7,12,15-16,19-21H2,1H3,(H,32,37)(H,34,36)/t28-/m0/s1. The summed E-state index contributed by atoms with van der Waals surface area (Å²) in [5, 5.41) is 7.24. The molecule has 0 spiro atoms. The fraction of sp³-hybridized carbons (Fsp3) is 0.387. The number of aromatic nitrogens is 1. The van der Waals surface area contributed by atoms with Crippen LogP contribution < -0.4 is 10.6 Å². The lowest BCUT2D eigenvalue weighted by Gasteiger charge is -2.20. The summed E-state index contributed by atoms with van der Waals surface area (Å²) in [6.45, 7) is 2.07. The molecule has 0 aliphatic heterocycles. The van der Waals surface area contributed by atoms with E-state index < -0.39 is 6.04 Å². The van der Waals surface area contributed by atoms with Gasteiger partial charge >= 0.3 is 0 Å². The topological polar surface area (TPSA) is 91.1 Å². The van der Waals surface area contributed by atoms with Crippen molar-refractivity contribution in [3.05, 3.63) is 72.3 Å². The van der Waals surface area contributed by atoms with Crippen molar-refractivity contribution in [1.29, 1.82) is 0 Å². The van der Waals surface area contributed by atoms with Crippen molar-refractivity contribution >= 4 is 28.5 Å². The van der Waals surface area contributed by atoms with E-state index in [1.807, 2.05) is 42.5 Å². The summed E-state index contributed by atoms with van der Waals surface area (Å²) in [5.74, 6) is -0.111. The Bertz CT molecular complexity index is 1240. The fourth-order valence-corrected chi connectivity index (χ4v) is 5.03. The Morgan fingerprint density at radius 3 is 2.43 bits per heavy atom. The molecule has 0 fully saturated rings. The van der Waals surface area contributed by atoms with Crippen molar-refractivity contribution in [2.45, 2.75) is 64.3 Å². The Balaban J connectivity index is 1.40. The minimum absolute atomic E-state index is 0.0584. The molecule has 1 atom stereocenters. The molecular formula is C31H37N3O3. The molecule has 6 nitrogen and oxygen atoms in total. The Morgan fingerprint density at radius 2 is 1.68 bits per heavy atom. The number of unbranched alkanes of at least 4 members (excludes halogenated alkanes) is 2. The number of hydrogen-bond acceptors (Lipinski definition) is 3. The van der Waals surface area contributed by atoms with Gasteiger partial charge in [0.25, 0.3) is 0 Å². The first-order valence-corrected chi connectivity index (χ1v) is 13.4. The average molecular weight is 500 g/mol. The molecule has 0 unspecified atom stereocenters. The number of allylic oxidation sites excluding steroid dienone is 2. The summed E-state index contributed by atoms with van der Waals surface area (Å²) in [6, 6.07) is 17.9. The molecule has 194 valence electrons. The van der Waals surface area contributed by atoms with Crippen LogP contribution in [-0.4, -0.2) is 35.2 Å². The zero-order valence-corrected chi connectivity index (χ0v) is 21.6. The molecule has 1 heterocycles. The first-order chi connectivity index (χ1) is 18.0. The molecule has 37 heavy (non-hydrogen) atoms. The number of ketones is 1. The van der Waals surface area contributed by atoms with Crippen LogP contribution in [0.15, 0.2) is 66.7 Å². The Morgan fingerprint density at radius 1 is 0.946 bits per heavy atom. The molecule has 4 rings (SSSR count). The third-order valence-corrected chi connectivity index (χ3v) is 7.08. The highest BCUT2D eigenvalue weighted by atomic mass is 16.2. The van der Waals surface area contributed by atoms with Crippen LogP contribution in [0.25, 0.3) is 22.2 Å². The van der Waals surface area contributed by atoms with Crippen molar-refractivity contribution in [3.63, 3.8) is 0 Å². The molecule has 0 radical (unpaired) electrons. The van der Waals surface area contributed by atoms with E-state index >= 15 is 0 Å². The van der Waals surface area contributed by atoms with Crippen LogP contribution in [0.5, 0.6) is 0 Å². The van der Waals surface area contributed by atoms with E-state index in [2.05, 4.69) is 39.9 Å². The van der Waals surface area contributed by atoms with Gasteiger partial charge in [-0.1, -0.05) is 73.5 Å². The lowest BCUT2D eigenvalue weighted by molar-refractivity contribution is -0.131. The minimum atomic E-state index is -0.568. The number of hydrogen-bond donors (Lipinski definition) is 3. The summed E-state index contributed by atoms with van der Waals surface area (Å²) in [5.41, 5.74) is 4.42. The van der Waals surface area contributed by atoms with Crippen molar-refractivity contribution in [2.75, 3.05) is 6.54 Å². The number of carbonyl (C=O) groups excluding carboxylic acids is 3. The molecule has 1 aliphatic carbocycles. The van der Waals surface area contributed by atoms with E-state index in [9.17, 15) is 14.4 Å². The van der Waals surface area contributed by atoms with Crippen LogP contribution >= 0.6 is 0 Å². The molecule has 0 saturated carbocycles. The van der Waals surface area contributed by atoms with E-state index in [0.29, 0.717) is 25.8 Å². The second kappa shape index (κ2) is 13.0. The number of para-hydroxylation sites is 1. The maximum atomic E-state index is 13.2. The Kier molecular flexibility index (Phi) is 9.30. The fourth-order valence-electron chi connectivity index (χ4n) is 5.03. The Labute approximate surface area is 218 Å². The monoisotopic (exact) mass is 499 g/mol. The maximum absolute atomic E-state index is 13.2. The summed E-state index contributed by atoms with van der Waals surface area (Å²) >= 11 is 0. The van der Waals surface area contributed by atoms with Gasteiger partial charge in [0.1, 0.15) is 11.8 Å². The van der Waals surface area contributed by atoms with Crippen LogP contribution in [0, 0.1) is 5.92 Å². The smallest absolute Gasteiger partial charge is 0.242 e. The molecule has 2 amide bonds. The number of amides is 2. The van der Waals surface area contributed by atoms with Gasteiger partial charge in [0.2, 0.25) is 11.8 Å². The molecule has 6 heteroatoms. The van der Waals surface area contributed by atoms with Crippen LogP contribution in [0.4, 0.5) is 0 Å². The van der Waals surface area contributed by atoms with Gasteiger partial charge in [-0.3, -0.25) is 9.59 Å². The molecule has 0 saturated heterocycles. The van der Waals surface area contributed by atoms with Gasteiger partial charge in [-0.25, -0.2) is 0 Å².